The van der Waals surface area contributed by atoms with Gasteiger partial charge in [-0.25, -0.2) is 0 Å². The number of halogens is 2. The van der Waals surface area contributed by atoms with E-state index in [1.165, 1.54) is 45.3 Å². The van der Waals surface area contributed by atoms with Gasteiger partial charge in [-0.05, 0) is 45.3 Å². The van der Waals surface area contributed by atoms with E-state index >= 15 is 0 Å². The summed E-state index contributed by atoms with van der Waals surface area (Å²) in [4.78, 5) is 2.55. The monoisotopic (exact) mass is 240 g/mol. The van der Waals surface area contributed by atoms with Gasteiger partial charge in [-0.1, -0.05) is 6.92 Å². The lowest BCUT2D eigenvalue weighted by Crippen LogP contribution is -2.43. The van der Waals surface area contributed by atoms with Crippen LogP contribution >= 0.6 is 24.8 Å². The maximum absolute atomic E-state index is 3.71. The summed E-state index contributed by atoms with van der Waals surface area (Å²) in [5, 5.41) is 3.71. The first-order valence-corrected chi connectivity index (χ1v) is 5.37. The van der Waals surface area contributed by atoms with E-state index in [0.29, 0.717) is 0 Å². The van der Waals surface area contributed by atoms with Crippen LogP contribution in [0.15, 0.2) is 0 Å². The van der Waals surface area contributed by atoms with Gasteiger partial charge < -0.3 is 10.2 Å². The number of hydrogen-bond donors (Lipinski definition) is 1. The second-order valence-corrected chi connectivity index (χ2v) is 4.15. The lowest BCUT2D eigenvalue weighted by molar-refractivity contribution is 0.206. The molecule has 14 heavy (non-hydrogen) atoms. The Bertz CT molecular complexity index is 143. The summed E-state index contributed by atoms with van der Waals surface area (Å²) in [6.45, 7) is 6.10. The van der Waals surface area contributed by atoms with Crippen LogP contribution in [0.1, 0.15) is 32.6 Å². The number of hydrogen-bond acceptors (Lipinski definition) is 2. The molecule has 0 aromatic carbocycles. The third-order valence-corrected chi connectivity index (χ3v) is 3.08. The number of rotatable bonds is 3. The van der Waals surface area contributed by atoms with E-state index in [1.54, 1.807) is 0 Å². The van der Waals surface area contributed by atoms with Gasteiger partial charge in [0.15, 0.2) is 0 Å². The van der Waals surface area contributed by atoms with Gasteiger partial charge >= 0.3 is 0 Å². The van der Waals surface area contributed by atoms with Gasteiger partial charge in [0.1, 0.15) is 0 Å². The van der Waals surface area contributed by atoms with Crippen molar-refractivity contribution in [2.75, 3.05) is 19.6 Å². The van der Waals surface area contributed by atoms with E-state index in [1.807, 2.05) is 0 Å². The molecule has 2 fully saturated rings. The first-order valence-electron chi connectivity index (χ1n) is 5.37. The molecular formula is C10H22Cl2N2. The highest BCUT2D eigenvalue weighted by molar-refractivity contribution is 5.85. The molecule has 0 amide bonds. The normalized spacial score (nSPS) is 23.8. The predicted octanol–water partition coefficient (Wildman–Crippen LogP) is 2.07. The van der Waals surface area contributed by atoms with Crippen molar-refractivity contribution in [1.82, 2.24) is 10.2 Å². The molecule has 2 rings (SSSR count). The highest BCUT2D eigenvalue weighted by atomic mass is 35.5. The summed E-state index contributed by atoms with van der Waals surface area (Å²) in [6.07, 6.45) is 5.58. The van der Waals surface area contributed by atoms with Crippen molar-refractivity contribution in [1.29, 1.82) is 0 Å². The Hall–Kier alpha value is 0.500. The number of likely N-dealkylation sites (tertiary alicyclic amines) is 1. The summed E-state index contributed by atoms with van der Waals surface area (Å²) >= 11 is 0. The van der Waals surface area contributed by atoms with Crippen LogP contribution in [-0.2, 0) is 0 Å². The zero-order valence-electron chi connectivity index (χ0n) is 8.87. The fraction of sp³-hybridized carbons (Fsp3) is 1.00. The minimum absolute atomic E-state index is 0. The zero-order chi connectivity index (χ0) is 8.39. The van der Waals surface area contributed by atoms with E-state index in [9.17, 15) is 0 Å². The van der Waals surface area contributed by atoms with Gasteiger partial charge in [0.05, 0.1) is 0 Å². The molecule has 1 N–H and O–H groups in total. The molecule has 0 unspecified atom stereocenters. The SMILES string of the molecule is CCN1CCC(NC2CC2)CC1.Cl.Cl. The van der Waals surface area contributed by atoms with E-state index < -0.39 is 0 Å². The summed E-state index contributed by atoms with van der Waals surface area (Å²) < 4.78 is 0. The average Bonchev–Trinajstić information content (AvgIpc) is 2.90. The number of piperidine rings is 1. The van der Waals surface area contributed by atoms with E-state index in [4.69, 9.17) is 0 Å². The molecule has 0 atom stereocenters. The summed E-state index contributed by atoms with van der Waals surface area (Å²) in [7, 11) is 0. The topological polar surface area (TPSA) is 15.3 Å². The van der Waals surface area contributed by atoms with Crippen LogP contribution < -0.4 is 5.32 Å². The van der Waals surface area contributed by atoms with Crippen molar-refractivity contribution in [3.05, 3.63) is 0 Å². The van der Waals surface area contributed by atoms with Gasteiger partial charge in [0.25, 0.3) is 0 Å². The Morgan fingerprint density at radius 2 is 1.50 bits per heavy atom. The predicted molar refractivity (Wildman–Crippen MR) is 65.8 cm³/mol. The molecule has 0 aromatic rings. The molecule has 2 nitrogen and oxygen atoms in total. The molecule has 0 radical (unpaired) electrons. The van der Waals surface area contributed by atoms with Crippen molar-refractivity contribution in [3.63, 3.8) is 0 Å². The maximum atomic E-state index is 3.71. The van der Waals surface area contributed by atoms with Crippen molar-refractivity contribution in [2.24, 2.45) is 0 Å². The number of nitrogens with zero attached hydrogens (tertiary/aromatic N) is 1. The molecule has 0 aromatic heterocycles. The van der Waals surface area contributed by atoms with Gasteiger partial charge in [0.2, 0.25) is 0 Å². The Morgan fingerprint density at radius 3 is 1.93 bits per heavy atom. The Balaban J connectivity index is 0.000000845. The fourth-order valence-electron chi connectivity index (χ4n) is 2.00. The molecule has 0 bridgehead atoms. The van der Waals surface area contributed by atoms with Crippen LogP contribution in [0.25, 0.3) is 0 Å². The van der Waals surface area contributed by atoms with Crippen molar-refractivity contribution in [2.45, 2.75) is 44.7 Å². The van der Waals surface area contributed by atoms with Crippen LogP contribution in [0.4, 0.5) is 0 Å². The lowest BCUT2D eigenvalue weighted by Gasteiger charge is -2.31. The third kappa shape index (κ3) is 4.35. The molecular weight excluding hydrogens is 219 g/mol. The molecule has 1 saturated carbocycles. The molecule has 1 heterocycles. The summed E-state index contributed by atoms with van der Waals surface area (Å²) in [5.41, 5.74) is 0. The standard InChI is InChI=1S/C10H20N2.2ClH/c1-2-12-7-5-10(6-8-12)11-9-3-4-9;;/h9-11H,2-8H2,1H3;2*1H. The largest absolute Gasteiger partial charge is 0.311 e. The van der Waals surface area contributed by atoms with Crippen LogP contribution in [0.5, 0.6) is 0 Å². The molecule has 1 aliphatic heterocycles. The van der Waals surface area contributed by atoms with E-state index in [-0.39, 0.29) is 24.8 Å². The van der Waals surface area contributed by atoms with Crippen molar-refractivity contribution < 1.29 is 0 Å². The second-order valence-electron chi connectivity index (χ2n) is 4.15. The molecule has 86 valence electrons. The van der Waals surface area contributed by atoms with Crippen molar-refractivity contribution >= 4 is 24.8 Å². The Labute approximate surface area is 99.6 Å². The van der Waals surface area contributed by atoms with Crippen LogP contribution in [0.3, 0.4) is 0 Å². The Kier molecular flexibility index (Phi) is 7.13. The van der Waals surface area contributed by atoms with Gasteiger partial charge in [-0.15, -0.1) is 24.8 Å². The highest BCUT2D eigenvalue weighted by Crippen LogP contribution is 2.22. The first kappa shape index (κ1) is 14.5. The van der Waals surface area contributed by atoms with Crippen LogP contribution in [-0.4, -0.2) is 36.6 Å². The smallest absolute Gasteiger partial charge is 0.00940 e. The van der Waals surface area contributed by atoms with Crippen LogP contribution in [0, 0.1) is 0 Å². The van der Waals surface area contributed by atoms with E-state index in [0.717, 1.165) is 12.1 Å². The second kappa shape index (κ2) is 6.89. The minimum atomic E-state index is 0. The fourth-order valence-corrected chi connectivity index (χ4v) is 2.00. The first-order chi connectivity index (χ1) is 5.88. The molecule has 2 aliphatic rings. The van der Waals surface area contributed by atoms with Gasteiger partial charge in [0, 0.05) is 12.1 Å². The third-order valence-electron chi connectivity index (χ3n) is 3.08. The molecule has 4 heteroatoms. The average molecular weight is 241 g/mol. The summed E-state index contributed by atoms with van der Waals surface area (Å²) in [6, 6.07) is 1.73. The lowest BCUT2D eigenvalue weighted by atomic mass is 10.1. The highest BCUT2D eigenvalue weighted by Gasteiger charge is 2.26. The molecule has 1 saturated heterocycles. The zero-order valence-corrected chi connectivity index (χ0v) is 10.5. The maximum Gasteiger partial charge on any atom is 0.00940 e. The van der Waals surface area contributed by atoms with Crippen LogP contribution in [0.2, 0.25) is 0 Å². The minimum Gasteiger partial charge on any atom is -0.311 e. The van der Waals surface area contributed by atoms with Gasteiger partial charge in [-0.2, -0.15) is 0 Å². The summed E-state index contributed by atoms with van der Waals surface area (Å²) in [5.74, 6) is 0. The van der Waals surface area contributed by atoms with Gasteiger partial charge in [-0.3, -0.25) is 0 Å². The molecule has 1 aliphatic carbocycles. The van der Waals surface area contributed by atoms with Crippen molar-refractivity contribution in [3.8, 4) is 0 Å². The van der Waals surface area contributed by atoms with E-state index in [2.05, 4.69) is 17.1 Å². The molecule has 0 spiro atoms. The quantitative estimate of drug-likeness (QED) is 0.813. The Morgan fingerprint density at radius 1 is 1.00 bits per heavy atom. The number of nitrogens with one attached hydrogen (secondary N) is 1.